The van der Waals surface area contributed by atoms with E-state index in [0.717, 1.165) is 54.9 Å². The monoisotopic (exact) mass is 424 g/mol. The number of thiazole rings is 1. The van der Waals surface area contributed by atoms with E-state index in [1.165, 1.54) is 5.56 Å². The Bertz CT molecular complexity index is 929. The highest BCUT2D eigenvalue weighted by atomic mass is 32.1. The van der Waals surface area contributed by atoms with E-state index in [0.29, 0.717) is 24.1 Å². The second-order valence-electron chi connectivity index (χ2n) is 7.74. The summed E-state index contributed by atoms with van der Waals surface area (Å²) in [6, 6.07) is 16.4. The van der Waals surface area contributed by atoms with Crippen LogP contribution in [0.1, 0.15) is 31.7 Å². The number of para-hydroxylation sites is 1. The fraction of sp³-hybridized carbons (Fsp3) is 0.417. The first kappa shape index (κ1) is 20.8. The first-order valence-corrected chi connectivity index (χ1v) is 11.5. The molecule has 3 aromatic rings. The molecular weight excluding hydrogens is 396 g/mol. The third-order valence-electron chi connectivity index (χ3n) is 5.59. The van der Waals surface area contributed by atoms with E-state index in [2.05, 4.69) is 28.1 Å². The van der Waals surface area contributed by atoms with E-state index in [-0.39, 0.29) is 5.97 Å². The van der Waals surface area contributed by atoms with Crippen molar-refractivity contribution in [1.29, 1.82) is 0 Å². The van der Waals surface area contributed by atoms with Gasteiger partial charge in [-0.25, -0.2) is 4.98 Å². The van der Waals surface area contributed by atoms with Crippen LogP contribution in [0.4, 0.5) is 0 Å². The molecule has 0 saturated carbocycles. The molecule has 1 fully saturated rings. The first-order valence-electron chi connectivity index (χ1n) is 10.7. The lowest BCUT2D eigenvalue weighted by Gasteiger charge is -2.31. The van der Waals surface area contributed by atoms with Gasteiger partial charge in [0.1, 0.15) is 5.75 Å². The molecule has 0 aliphatic carbocycles. The van der Waals surface area contributed by atoms with Gasteiger partial charge in [0.25, 0.3) is 5.19 Å². The van der Waals surface area contributed by atoms with E-state index in [9.17, 15) is 4.79 Å². The molecule has 0 spiro atoms. The molecule has 0 N–H and O–H groups in total. The smallest absolute Gasteiger partial charge is 0.306 e. The number of hydrogen-bond donors (Lipinski definition) is 0. The maximum atomic E-state index is 11.6. The van der Waals surface area contributed by atoms with Crippen LogP contribution in [0.5, 0.6) is 10.9 Å². The number of fused-ring (bicyclic) bond motifs is 1. The Morgan fingerprint density at radius 2 is 1.90 bits per heavy atom. The summed E-state index contributed by atoms with van der Waals surface area (Å²) in [5.74, 6) is 1.24. The number of esters is 1. The molecule has 5 nitrogen and oxygen atoms in total. The Kier molecular flexibility index (Phi) is 6.97. The van der Waals surface area contributed by atoms with Crippen molar-refractivity contribution in [3.05, 3.63) is 54.1 Å². The highest BCUT2D eigenvalue weighted by Gasteiger charge is 2.21. The SMILES string of the molecule is CCOC(=O)CC1CCN(CCc2ccc(Oc3nc4ccccc4s3)cc2)CC1. The number of carbonyl (C=O) groups excluding carboxylic acids is 1. The van der Waals surface area contributed by atoms with E-state index < -0.39 is 0 Å². The average Bonchev–Trinajstić information content (AvgIpc) is 3.17. The van der Waals surface area contributed by atoms with Crippen LogP contribution in [-0.4, -0.2) is 42.1 Å². The summed E-state index contributed by atoms with van der Waals surface area (Å²) in [5, 5.41) is 0.676. The van der Waals surface area contributed by atoms with Crippen LogP contribution in [0, 0.1) is 5.92 Å². The molecule has 6 heteroatoms. The number of hydrogen-bond acceptors (Lipinski definition) is 6. The predicted molar refractivity (Wildman–Crippen MR) is 120 cm³/mol. The second-order valence-corrected chi connectivity index (χ2v) is 8.73. The Morgan fingerprint density at radius 1 is 1.13 bits per heavy atom. The summed E-state index contributed by atoms with van der Waals surface area (Å²) in [5.41, 5.74) is 2.28. The van der Waals surface area contributed by atoms with Gasteiger partial charge in [-0.1, -0.05) is 35.6 Å². The van der Waals surface area contributed by atoms with Crippen molar-refractivity contribution in [3.63, 3.8) is 0 Å². The van der Waals surface area contributed by atoms with Gasteiger partial charge in [0, 0.05) is 13.0 Å². The Hall–Kier alpha value is -2.44. The van der Waals surface area contributed by atoms with Crippen LogP contribution in [0.25, 0.3) is 10.2 Å². The number of carbonyl (C=O) groups is 1. The molecule has 1 aliphatic rings. The van der Waals surface area contributed by atoms with Crippen molar-refractivity contribution in [2.45, 2.75) is 32.6 Å². The van der Waals surface area contributed by atoms with Gasteiger partial charge in [-0.3, -0.25) is 4.79 Å². The molecule has 4 rings (SSSR count). The summed E-state index contributed by atoms with van der Waals surface area (Å²) in [4.78, 5) is 18.7. The lowest BCUT2D eigenvalue weighted by atomic mass is 9.93. The molecule has 0 amide bonds. The number of ether oxygens (including phenoxy) is 2. The molecule has 2 aromatic carbocycles. The number of nitrogens with zero attached hydrogens (tertiary/aromatic N) is 2. The predicted octanol–water partition coefficient (Wildman–Crippen LogP) is 5.30. The normalized spacial score (nSPS) is 15.4. The van der Waals surface area contributed by atoms with E-state index in [1.54, 1.807) is 11.3 Å². The van der Waals surface area contributed by atoms with Gasteiger partial charge in [0.15, 0.2) is 0 Å². The van der Waals surface area contributed by atoms with Crippen LogP contribution >= 0.6 is 11.3 Å². The van der Waals surface area contributed by atoms with E-state index >= 15 is 0 Å². The van der Waals surface area contributed by atoms with Crippen LogP contribution in [0.2, 0.25) is 0 Å². The van der Waals surface area contributed by atoms with Crippen molar-refractivity contribution in [2.75, 3.05) is 26.2 Å². The molecule has 0 unspecified atom stereocenters. The third-order valence-corrected chi connectivity index (χ3v) is 6.50. The summed E-state index contributed by atoms with van der Waals surface area (Å²) in [6.45, 7) is 5.50. The summed E-state index contributed by atoms with van der Waals surface area (Å²) in [7, 11) is 0. The topological polar surface area (TPSA) is 51.7 Å². The largest absolute Gasteiger partial charge is 0.466 e. The van der Waals surface area contributed by atoms with Crippen molar-refractivity contribution in [1.82, 2.24) is 9.88 Å². The minimum Gasteiger partial charge on any atom is -0.466 e. The summed E-state index contributed by atoms with van der Waals surface area (Å²) in [6.07, 6.45) is 3.74. The Balaban J connectivity index is 1.22. The molecule has 158 valence electrons. The third kappa shape index (κ3) is 5.58. The maximum absolute atomic E-state index is 11.6. The highest BCUT2D eigenvalue weighted by Crippen LogP contribution is 2.31. The second kappa shape index (κ2) is 10.0. The van der Waals surface area contributed by atoms with Crippen LogP contribution < -0.4 is 4.74 Å². The van der Waals surface area contributed by atoms with Crippen molar-refractivity contribution in [2.24, 2.45) is 5.92 Å². The number of benzene rings is 2. The lowest BCUT2D eigenvalue weighted by molar-refractivity contribution is -0.144. The summed E-state index contributed by atoms with van der Waals surface area (Å²) < 4.78 is 12.1. The number of rotatable bonds is 8. The molecule has 0 atom stereocenters. The lowest BCUT2D eigenvalue weighted by Crippen LogP contribution is -2.35. The van der Waals surface area contributed by atoms with Crippen molar-refractivity contribution in [3.8, 4) is 10.9 Å². The zero-order chi connectivity index (χ0) is 20.8. The van der Waals surface area contributed by atoms with Crippen molar-refractivity contribution >= 4 is 27.5 Å². The van der Waals surface area contributed by atoms with Gasteiger partial charge >= 0.3 is 5.97 Å². The minimum absolute atomic E-state index is 0.0518. The minimum atomic E-state index is -0.0518. The number of aromatic nitrogens is 1. The van der Waals surface area contributed by atoms with E-state index in [1.807, 2.05) is 37.3 Å². The fourth-order valence-electron chi connectivity index (χ4n) is 3.88. The quantitative estimate of drug-likeness (QED) is 0.460. The van der Waals surface area contributed by atoms with Gasteiger partial charge in [-0.15, -0.1) is 0 Å². The van der Waals surface area contributed by atoms with Gasteiger partial charge < -0.3 is 14.4 Å². The molecule has 1 saturated heterocycles. The first-order chi connectivity index (χ1) is 14.7. The standard InChI is InChI=1S/C24H28N2O3S/c1-2-28-23(27)17-19-12-15-26(16-13-19)14-11-18-7-9-20(10-8-18)29-24-25-21-5-3-4-6-22(21)30-24/h3-10,19H,2,11-17H2,1H3. The molecule has 0 radical (unpaired) electrons. The van der Waals surface area contributed by atoms with Crippen LogP contribution in [0.3, 0.4) is 0 Å². The number of likely N-dealkylation sites (tertiary alicyclic amines) is 1. The average molecular weight is 425 g/mol. The Morgan fingerprint density at radius 3 is 2.63 bits per heavy atom. The van der Waals surface area contributed by atoms with Crippen LogP contribution in [-0.2, 0) is 16.0 Å². The maximum Gasteiger partial charge on any atom is 0.306 e. The zero-order valence-electron chi connectivity index (χ0n) is 17.4. The van der Waals surface area contributed by atoms with Crippen molar-refractivity contribution < 1.29 is 14.3 Å². The van der Waals surface area contributed by atoms with E-state index in [4.69, 9.17) is 9.47 Å². The van der Waals surface area contributed by atoms with Gasteiger partial charge in [0.05, 0.1) is 16.8 Å². The van der Waals surface area contributed by atoms with Gasteiger partial charge in [-0.05, 0) is 75.0 Å². The molecule has 0 bridgehead atoms. The van der Waals surface area contributed by atoms with Gasteiger partial charge in [0.2, 0.25) is 0 Å². The molecule has 30 heavy (non-hydrogen) atoms. The number of piperidine rings is 1. The molecule has 2 heterocycles. The molecule has 1 aliphatic heterocycles. The summed E-state index contributed by atoms with van der Waals surface area (Å²) >= 11 is 1.56. The molecule has 1 aromatic heterocycles. The zero-order valence-corrected chi connectivity index (χ0v) is 18.2. The molecular formula is C24H28N2O3S. The van der Waals surface area contributed by atoms with Crippen LogP contribution in [0.15, 0.2) is 48.5 Å². The highest BCUT2D eigenvalue weighted by molar-refractivity contribution is 7.20. The Labute approximate surface area is 181 Å². The fourth-order valence-corrected chi connectivity index (χ4v) is 4.71. The van der Waals surface area contributed by atoms with Gasteiger partial charge in [-0.2, -0.15) is 0 Å².